The molecule has 1 heterocycles. The largest absolute Gasteiger partial charge is 0.268 e. The lowest BCUT2D eigenvalue weighted by Crippen LogP contribution is -2.20. The van der Waals surface area contributed by atoms with Gasteiger partial charge in [0.15, 0.2) is 0 Å². The van der Waals surface area contributed by atoms with E-state index < -0.39 is 7.92 Å². The van der Waals surface area contributed by atoms with Crippen molar-refractivity contribution in [2.45, 2.75) is 0 Å². The van der Waals surface area contributed by atoms with Crippen molar-refractivity contribution in [2.75, 3.05) is 0 Å². The van der Waals surface area contributed by atoms with E-state index >= 15 is 0 Å². The maximum absolute atomic E-state index is 4.37. The number of aromatic nitrogens is 2. The van der Waals surface area contributed by atoms with Crippen molar-refractivity contribution >= 4 is 34.7 Å². The fourth-order valence-electron chi connectivity index (χ4n) is 2.89. The molecular weight excluding hydrogens is 299 g/mol. The number of nitrogens with zero attached hydrogens (tertiary/aromatic N) is 2. The van der Waals surface area contributed by atoms with Gasteiger partial charge in [0.1, 0.15) is 0 Å². The number of rotatable bonds is 3. The molecule has 0 radical (unpaired) electrons. The van der Waals surface area contributed by atoms with Crippen LogP contribution in [0.2, 0.25) is 0 Å². The molecule has 4 rings (SSSR count). The third-order valence-electron chi connectivity index (χ3n) is 4.02. The van der Waals surface area contributed by atoms with Crippen molar-refractivity contribution in [3.8, 4) is 0 Å². The Balaban J connectivity index is 1.90. The van der Waals surface area contributed by atoms with Crippen LogP contribution in [0.15, 0.2) is 85.1 Å². The Kier molecular flexibility index (Phi) is 3.69. The van der Waals surface area contributed by atoms with Crippen molar-refractivity contribution in [3.05, 3.63) is 85.1 Å². The highest BCUT2D eigenvalue weighted by atomic mass is 31.1. The highest BCUT2D eigenvalue weighted by Gasteiger charge is 2.16. The molecule has 1 aromatic heterocycles. The summed E-state index contributed by atoms with van der Waals surface area (Å²) in [5.74, 6) is 0. The number of hydrogen-bond donors (Lipinski definition) is 0. The second kappa shape index (κ2) is 5.98. The van der Waals surface area contributed by atoms with E-state index in [2.05, 4.69) is 84.0 Å². The van der Waals surface area contributed by atoms with Crippen LogP contribution in [0.5, 0.6) is 0 Å². The van der Waals surface area contributed by atoms with E-state index in [1.807, 2.05) is 17.9 Å². The van der Waals surface area contributed by atoms with Crippen LogP contribution in [0.25, 0.3) is 10.9 Å². The van der Waals surface area contributed by atoms with E-state index in [-0.39, 0.29) is 0 Å². The van der Waals surface area contributed by atoms with Crippen LogP contribution in [0.1, 0.15) is 0 Å². The summed E-state index contributed by atoms with van der Waals surface area (Å²) in [5.41, 5.74) is 1.17. The Labute approximate surface area is 137 Å². The highest BCUT2D eigenvalue weighted by Crippen LogP contribution is 2.33. The van der Waals surface area contributed by atoms with E-state index in [0.29, 0.717) is 0 Å². The molecule has 3 heteroatoms. The summed E-state index contributed by atoms with van der Waals surface area (Å²) >= 11 is 0. The second-order valence-electron chi connectivity index (χ2n) is 5.52. The van der Waals surface area contributed by atoms with Gasteiger partial charge >= 0.3 is 0 Å². The Bertz CT molecular complexity index is 890. The molecule has 0 fully saturated rings. The first-order chi connectivity index (χ1) is 11.3. The average Bonchev–Trinajstić information content (AvgIpc) is 2.98. The summed E-state index contributed by atoms with van der Waals surface area (Å²) in [6.45, 7) is 0. The summed E-state index contributed by atoms with van der Waals surface area (Å²) < 4.78 is 1.92. The van der Waals surface area contributed by atoms with Crippen molar-refractivity contribution in [1.82, 2.24) is 9.78 Å². The molecule has 3 aromatic carbocycles. The lowest BCUT2D eigenvalue weighted by Gasteiger charge is -2.19. The minimum atomic E-state index is -0.547. The standard InChI is InChI=1S/C20H17N2P/c1-22-20-13-12-19(14-16(20)15-21-22)23(17-8-4-2-5-9-17)18-10-6-3-7-11-18/h2-15H,1H3. The molecule has 0 aliphatic heterocycles. The molecule has 0 atom stereocenters. The van der Waals surface area contributed by atoms with Gasteiger partial charge < -0.3 is 0 Å². The summed E-state index contributed by atoms with van der Waals surface area (Å²) in [6.07, 6.45) is 1.95. The van der Waals surface area contributed by atoms with Crippen LogP contribution in [0.4, 0.5) is 0 Å². The fraction of sp³-hybridized carbons (Fsp3) is 0.0500. The molecule has 2 nitrogen and oxygen atoms in total. The van der Waals surface area contributed by atoms with Gasteiger partial charge in [-0.15, -0.1) is 0 Å². The number of hydrogen-bond acceptors (Lipinski definition) is 1. The summed E-state index contributed by atoms with van der Waals surface area (Å²) in [5, 5.41) is 9.67. The van der Waals surface area contributed by atoms with Gasteiger partial charge in [0.25, 0.3) is 0 Å². The Hall–Kier alpha value is -2.44. The van der Waals surface area contributed by atoms with Gasteiger partial charge in [0.05, 0.1) is 11.7 Å². The van der Waals surface area contributed by atoms with Crippen molar-refractivity contribution in [1.29, 1.82) is 0 Å². The summed E-state index contributed by atoms with van der Waals surface area (Å²) in [6, 6.07) is 28.3. The highest BCUT2D eigenvalue weighted by molar-refractivity contribution is 7.79. The van der Waals surface area contributed by atoms with Crippen LogP contribution in [-0.4, -0.2) is 9.78 Å². The van der Waals surface area contributed by atoms with Crippen LogP contribution >= 0.6 is 7.92 Å². The number of aryl methyl sites for hydroxylation is 1. The van der Waals surface area contributed by atoms with Crippen molar-refractivity contribution in [3.63, 3.8) is 0 Å². The van der Waals surface area contributed by atoms with E-state index in [1.165, 1.54) is 26.8 Å². The molecule has 0 N–H and O–H groups in total. The second-order valence-corrected chi connectivity index (χ2v) is 7.74. The quantitative estimate of drug-likeness (QED) is 0.530. The number of benzene rings is 3. The zero-order valence-electron chi connectivity index (χ0n) is 12.9. The SMILES string of the molecule is Cn1ncc2cc(P(c3ccccc3)c3ccccc3)ccc21. The predicted molar refractivity (Wildman–Crippen MR) is 99.4 cm³/mol. The average molecular weight is 316 g/mol. The Morgan fingerprint density at radius 2 is 1.35 bits per heavy atom. The molecule has 0 aliphatic rings. The monoisotopic (exact) mass is 316 g/mol. The molecular formula is C20H17N2P. The molecule has 112 valence electrons. The zero-order chi connectivity index (χ0) is 15.6. The first-order valence-electron chi connectivity index (χ1n) is 7.65. The lowest BCUT2D eigenvalue weighted by molar-refractivity contribution is 0.797. The molecule has 0 saturated heterocycles. The maximum Gasteiger partial charge on any atom is 0.0679 e. The smallest absolute Gasteiger partial charge is 0.0679 e. The van der Waals surface area contributed by atoms with Gasteiger partial charge in [-0.05, 0) is 36.0 Å². The minimum Gasteiger partial charge on any atom is -0.268 e. The number of fused-ring (bicyclic) bond motifs is 1. The van der Waals surface area contributed by atoms with Crippen LogP contribution < -0.4 is 15.9 Å². The lowest BCUT2D eigenvalue weighted by atomic mass is 10.2. The summed E-state index contributed by atoms with van der Waals surface area (Å²) in [4.78, 5) is 0. The van der Waals surface area contributed by atoms with Crippen LogP contribution in [0, 0.1) is 0 Å². The van der Waals surface area contributed by atoms with Gasteiger partial charge in [-0.3, -0.25) is 4.68 Å². The van der Waals surface area contributed by atoms with E-state index in [4.69, 9.17) is 0 Å². The first kappa shape index (κ1) is 14.2. The summed E-state index contributed by atoms with van der Waals surface area (Å²) in [7, 11) is 1.44. The van der Waals surface area contributed by atoms with Gasteiger partial charge in [-0.25, -0.2) is 0 Å². The molecule has 0 spiro atoms. The van der Waals surface area contributed by atoms with E-state index in [9.17, 15) is 0 Å². The molecule has 0 saturated carbocycles. The Morgan fingerprint density at radius 1 is 0.739 bits per heavy atom. The van der Waals surface area contributed by atoms with Crippen molar-refractivity contribution in [2.24, 2.45) is 7.05 Å². The topological polar surface area (TPSA) is 17.8 Å². The predicted octanol–water partition coefficient (Wildman–Crippen LogP) is 3.33. The molecule has 0 bridgehead atoms. The fourth-order valence-corrected chi connectivity index (χ4v) is 5.22. The normalized spacial score (nSPS) is 11.2. The third kappa shape index (κ3) is 2.67. The molecule has 0 aliphatic carbocycles. The van der Waals surface area contributed by atoms with Crippen LogP contribution in [0.3, 0.4) is 0 Å². The first-order valence-corrected chi connectivity index (χ1v) is 8.99. The minimum absolute atomic E-state index is 0.547. The van der Waals surface area contributed by atoms with Gasteiger partial charge in [0, 0.05) is 12.4 Å². The molecule has 0 amide bonds. The van der Waals surface area contributed by atoms with Gasteiger partial charge in [-0.1, -0.05) is 66.7 Å². The van der Waals surface area contributed by atoms with Crippen molar-refractivity contribution < 1.29 is 0 Å². The maximum atomic E-state index is 4.37. The molecule has 0 unspecified atom stereocenters. The van der Waals surface area contributed by atoms with E-state index in [0.717, 1.165) is 0 Å². The molecule has 4 aromatic rings. The Morgan fingerprint density at radius 3 is 1.96 bits per heavy atom. The van der Waals surface area contributed by atoms with Gasteiger partial charge in [0.2, 0.25) is 0 Å². The van der Waals surface area contributed by atoms with E-state index in [1.54, 1.807) is 0 Å². The zero-order valence-corrected chi connectivity index (χ0v) is 13.8. The van der Waals surface area contributed by atoms with Crippen LogP contribution in [-0.2, 0) is 7.05 Å². The third-order valence-corrected chi connectivity index (χ3v) is 6.44. The van der Waals surface area contributed by atoms with Gasteiger partial charge in [-0.2, -0.15) is 5.10 Å². The molecule has 23 heavy (non-hydrogen) atoms.